The van der Waals surface area contributed by atoms with E-state index in [9.17, 15) is 8.42 Å². The Bertz CT molecular complexity index is 648. The van der Waals surface area contributed by atoms with Gasteiger partial charge in [0, 0.05) is 18.5 Å². The highest BCUT2D eigenvalue weighted by molar-refractivity contribution is 7.90. The van der Waals surface area contributed by atoms with Gasteiger partial charge in [-0.2, -0.15) is 17.8 Å². The van der Waals surface area contributed by atoms with E-state index in [1.807, 2.05) is 38.1 Å². The van der Waals surface area contributed by atoms with Crippen LogP contribution in [0.5, 0.6) is 0 Å². The Labute approximate surface area is 106 Å². The van der Waals surface area contributed by atoms with Crippen molar-refractivity contribution < 1.29 is 8.42 Å². The summed E-state index contributed by atoms with van der Waals surface area (Å²) in [5.74, 6) is 0.318. The highest BCUT2D eigenvalue weighted by Gasteiger charge is 2.22. The summed E-state index contributed by atoms with van der Waals surface area (Å²) in [6.07, 6.45) is 0. The van der Waals surface area contributed by atoms with E-state index in [0.717, 1.165) is 10.9 Å². The molecule has 0 bridgehead atoms. The first-order valence-electron chi connectivity index (χ1n) is 5.60. The Balaban J connectivity index is 2.35. The maximum Gasteiger partial charge on any atom is 0.302 e. The quantitative estimate of drug-likeness (QED) is 0.883. The van der Waals surface area contributed by atoms with Crippen LogP contribution in [0.4, 0.5) is 5.82 Å². The van der Waals surface area contributed by atoms with E-state index in [2.05, 4.69) is 14.9 Å². The number of aromatic nitrogens is 2. The predicted octanol–water partition coefficient (Wildman–Crippen LogP) is 1.56. The van der Waals surface area contributed by atoms with Crippen LogP contribution >= 0.6 is 0 Å². The minimum atomic E-state index is -3.57. The molecule has 0 radical (unpaired) electrons. The van der Waals surface area contributed by atoms with E-state index in [1.165, 1.54) is 11.4 Å². The lowest BCUT2D eigenvalue weighted by molar-refractivity contribution is 0.414. The summed E-state index contributed by atoms with van der Waals surface area (Å²) in [6.45, 7) is 3.61. The molecule has 0 saturated heterocycles. The van der Waals surface area contributed by atoms with Crippen LogP contribution in [0, 0.1) is 0 Å². The van der Waals surface area contributed by atoms with Gasteiger partial charge in [-0.1, -0.05) is 12.1 Å². The predicted molar refractivity (Wildman–Crippen MR) is 71.5 cm³/mol. The van der Waals surface area contributed by atoms with Crippen LogP contribution in [-0.2, 0) is 10.2 Å². The molecule has 1 heterocycles. The molecule has 2 rings (SSSR count). The normalized spacial score (nSPS) is 12.5. The van der Waals surface area contributed by atoms with Crippen molar-refractivity contribution in [1.29, 1.82) is 0 Å². The van der Waals surface area contributed by atoms with Gasteiger partial charge in [0.1, 0.15) is 0 Å². The third kappa shape index (κ3) is 2.32. The summed E-state index contributed by atoms with van der Waals surface area (Å²) in [7, 11) is -2.04. The van der Waals surface area contributed by atoms with Crippen LogP contribution in [0.2, 0.25) is 0 Å². The summed E-state index contributed by atoms with van der Waals surface area (Å²) in [5.41, 5.74) is 0.794. The average Bonchev–Trinajstić information content (AvgIpc) is 2.71. The van der Waals surface area contributed by atoms with Crippen LogP contribution in [0.15, 0.2) is 24.3 Å². The van der Waals surface area contributed by atoms with Crippen LogP contribution in [0.3, 0.4) is 0 Å². The second kappa shape index (κ2) is 4.58. The fourth-order valence-corrected chi connectivity index (χ4v) is 2.61. The molecule has 18 heavy (non-hydrogen) atoms. The summed E-state index contributed by atoms with van der Waals surface area (Å²) < 4.78 is 27.8. The number of aromatic amines is 1. The number of hydrogen-bond donors (Lipinski definition) is 2. The molecule has 7 heteroatoms. The van der Waals surface area contributed by atoms with Gasteiger partial charge in [-0.3, -0.25) is 9.82 Å². The molecule has 1 aromatic carbocycles. The Morgan fingerprint density at radius 2 is 2.00 bits per heavy atom. The van der Waals surface area contributed by atoms with E-state index in [1.54, 1.807) is 0 Å². The summed E-state index contributed by atoms with van der Waals surface area (Å²) >= 11 is 0. The van der Waals surface area contributed by atoms with Crippen LogP contribution in [-0.4, -0.2) is 36.0 Å². The van der Waals surface area contributed by atoms with E-state index in [4.69, 9.17) is 0 Å². The highest BCUT2D eigenvalue weighted by atomic mass is 32.2. The fraction of sp³-hybridized carbons (Fsp3) is 0.364. The van der Waals surface area contributed by atoms with Gasteiger partial charge in [-0.25, -0.2) is 0 Å². The number of para-hydroxylation sites is 1. The number of rotatable bonds is 4. The summed E-state index contributed by atoms with van der Waals surface area (Å²) in [5, 5.41) is 7.51. The third-order valence-electron chi connectivity index (χ3n) is 2.80. The monoisotopic (exact) mass is 268 g/mol. The first kappa shape index (κ1) is 12.8. The maximum atomic E-state index is 12.0. The zero-order chi connectivity index (χ0) is 13.3. The van der Waals surface area contributed by atoms with Gasteiger partial charge in [0.25, 0.3) is 0 Å². The zero-order valence-electron chi connectivity index (χ0n) is 10.5. The Hall–Kier alpha value is -1.60. The van der Waals surface area contributed by atoms with Crippen molar-refractivity contribution in [3.05, 3.63) is 24.3 Å². The number of nitrogens with one attached hydrogen (secondary N) is 2. The maximum absolute atomic E-state index is 12.0. The molecule has 0 saturated carbocycles. The largest absolute Gasteiger partial charge is 0.302 e. The van der Waals surface area contributed by atoms with Crippen LogP contribution in [0.25, 0.3) is 10.9 Å². The van der Waals surface area contributed by atoms with Crippen LogP contribution in [0.1, 0.15) is 13.8 Å². The molecule has 0 aliphatic heterocycles. The number of anilines is 1. The van der Waals surface area contributed by atoms with Gasteiger partial charge in [-0.15, -0.1) is 0 Å². The molecule has 0 amide bonds. The lowest BCUT2D eigenvalue weighted by Gasteiger charge is -2.20. The molecular weight excluding hydrogens is 252 g/mol. The average molecular weight is 268 g/mol. The molecule has 0 unspecified atom stereocenters. The molecule has 6 nitrogen and oxygen atoms in total. The van der Waals surface area contributed by atoms with Crippen LogP contribution < -0.4 is 4.72 Å². The first-order valence-corrected chi connectivity index (χ1v) is 7.04. The van der Waals surface area contributed by atoms with Crippen molar-refractivity contribution in [3.63, 3.8) is 0 Å². The molecule has 2 N–H and O–H groups in total. The summed E-state index contributed by atoms with van der Waals surface area (Å²) in [6, 6.07) is 7.23. The fourth-order valence-electron chi connectivity index (χ4n) is 1.51. The van der Waals surface area contributed by atoms with Gasteiger partial charge < -0.3 is 0 Å². The van der Waals surface area contributed by atoms with E-state index >= 15 is 0 Å². The number of nitrogens with zero attached hydrogens (tertiary/aromatic N) is 2. The van der Waals surface area contributed by atoms with Crippen molar-refractivity contribution in [2.24, 2.45) is 0 Å². The highest BCUT2D eigenvalue weighted by Crippen LogP contribution is 2.21. The van der Waals surface area contributed by atoms with Crippen molar-refractivity contribution >= 4 is 26.9 Å². The lowest BCUT2D eigenvalue weighted by Crippen LogP contribution is -2.37. The Morgan fingerprint density at radius 1 is 1.33 bits per heavy atom. The molecule has 0 atom stereocenters. The minimum absolute atomic E-state index is 0.118. The molecule has 98 valence electrons. The van der Waals surface area contributed by atoms with Gasteiger partial charge in [0.15, 0.2) is 5.82 Å². The standard InChI is InChI=1S/C11H16N4O2S/c1-8(2)15(3)18(16,17)14-11-9-6-4-5-7-10(9)12-13-11/h4-8H,1-3H3,(H2,12,13,14). The molecule has 0 aliphatic rings. The molecule has 0 fully saturated rings. The van der Waals surface area contributed by atoms with Crippen molar-refractivity contribution in [3.8, 4) is 0 Å². The first-order chi connectivity index (χ1) is 8.42. The zero-order valence-corrected chi connectivity index (χ0v) is 11.3. The second-order valence-corrected chi connectivity index (χ2v) is 6.07. The Morgan fingerprint density at radius 3 is 2.67 bits per heavy atom. The molecular formula is C11H16N4O2S. The summed E-state index contributed by atoms with van der Waals surface area (Å²) in [4.78, 5) is 0. The molecule has 2 aromatic rings. The molecule has 0 spiro atoms. The van der Waals surface area contributed by atoms with Crippen molar-refractivity contribution in [2.75, 3.05) is 11.8 Å². The van der Waals surface area contributed by atoms with Gasteiger partial charge >= 0.3 is 10.2 Å². The number of fused-ring (bicyclic) bond motifs is 1. The molecule has 0 aliphatic carbocycles. The number of benzene rings is 1. The Kier molecular flexibility index (Phi) is 3.27. The molecule has 1 aromatic heterocycles. The van der Waals surface area contributed by atoms with Gasteiger partial charge in [0.2, 0.25) is 0 Å². The van der Waals surface area contributed by atoms with Crippen molar-refractivity contribution in [1.82, 2.24) is 14.5 Å². The third-order valence-corrected chi connectivity index (χ3v) is 4.43. The number of H-pyrrole nitrogens is 1. The van der Waals surface area contributed by atoms with Gasteiger partial charge in [-0.05, 0) is 26.0 Å². The van der Waals surface area contributed by atoms with E-state index in [-0.39, 0.29) is 6.04 Å². The second-order valence-electron chi connectivity index (χ2n) is 4.33. The van der Waals surface area contributed by atoms with E-state index < -0.39 is 10.2 Å². The van der Waals surface area contributed by atoms with Crippen molar-refractivity contribution in [2.45, 2.75) is 19.9 Å². The van der Waals surface area contributed by atoms with E-state index in [0.29, 0.717) is 5.82 Å². The SMILES string of the molecule is CC(C)N(C)S(=O)(=O)Nc1n[nH]c2ccccc12. The topological polar surface area (TPSA) is 78.1 Å². The van der Waals surface area contributed by atoms with Gasteiger partial charge in [0.05, 0.1) is 5.52 Å². The lowest BCUT2D eigenvalue weighted by atomic mass is 10.2. The number of hydrogen-bond acceptors (Lipinski definition) is 3. The smallest absolute Gasteiger partial charge is 0.276 e. The minimum Gasteiger partial charge on any atom is -0.276 e.